The third-order valence-corrected chi connectivity index (χ3v) is 6.36. The summed E-state index contributed by atoms with van der Waals surface area (Å²) in [6, 6.07) is 14.9. The predicted octanol–water partition coefficient (Wildman–Crippen LogP) is 3.96. The highest BCUT2D eigenvalue weighted by Crippen LogP contribution is 2.24. The number of nitrogens with one attached hydrogen (secondary N) is 2. The first-order valence-corrected chi connectivity index (χ1v) is 11.8. The number of benzene rings is 2. The van der Waals surface area contributed by atoms with Crippen LogP contribution in [0.25, 0.3) is 22.5 Å². The summed E-state index contributed by atoms with van der Waals surface area (Å²) in [5.41, 5.74) is 1.52. The van der Waals surface area contributed by atoms with E-state index < -0.39 is 0 Å². The fraction of sp³-hybridized carbons (Fsp3) is 0.200. The number of piperidine rings is 1. The van der Waals surface area contributed by atoms with E-state index >= 15 is 0 Å². The Morgan fingerprint density at radius 3 is 2.66 bits per heavy atom. The Kier molecular flexibility index (Phi) is 5.55. The van der Waals surface area contributed by atoms with E-state index in [1.165, 1.54) is 10.8 Å². The molecule has 4 heterocycles. The van der Waals surface area contributed by atoms with Crippen molar-refractivity contribution in [1.29, 1.82) is 0 Å². The average Bonchev–Trinajstić information content (AvgIpc) is 3.37. The van der Waals surface area contributed by atoms with E-state index in [1.54, 1.807) is 28.9 Å². The van der Waals surface area contributed by atoms with Crippen LogP contribution < -0.4 is 20.9 Å². The van der Waals surface area contributed by atoms with E-state index in [-0.39, 0.29) is 11.7 Å². The maximum absolute atomic E-state index is 13.4. The molecule has 3 aromatic heterocycles. The summed E-state index contributed by atoms with van der Waals surface area (Å²) >= 11 is 6.38. The number of rotatable bonds is 5. The molecule has 0 amide bonds. The first kappa shape index (κ1) is 21.6. The van der Waals surface area contributed by atoms with Crippen LogP contribution in [0.15, 0.2) is 71.9 Å². The van der Waals surface area contributed by atoms with Gasteiger partial charge in [-0.25, -0.2) is 14.5 Å². The summed E-state index contributed by atoms with van der Waals surface area (Å²) in [5.74, 6) is 1.62. The van der Waals surface area contributed by atoms with Crippen molar-refractivity contribution < 1.29 is 4.74 Å². The Hall–Kier alpha value is -3.95. The van der Waals surface area contributed by atoms with Crippen molar-refractivity contribution in [2.75, 3.05) is 18.4 Å². The fourth-order valence-corrected chi connectivity index (χ4v) is 4.53. The normalized spacial score (nSPS) is 14.4. The van der Waals surface area contributed by atoms with Crippen molar-refractivity contribution >= 4 is 40.0 Å². The van der Waals surface area contributed by atoms with Crippen LogP contribution in [0.1, 0.15) is 12.8 Å². The molecule has 6 rings (SSSR count). The lowest BCUT2D eigenvalue weighted by Gasteiger charge is -2.23. The zero-order chi connectivity index (χ0) is 23.8. The molecular formula is C25H22ClN7O2. The summed E-state index contributed by atoms with van der Waals surface area (Å²) in [4.78, 5) is 26.8. The van der Waals surface area contributed by atoms with E-state index in [4.69, 9.17) is 16.3 Å². The molecule has 1 aliphatic heterocycles. The number of nitrogens with zero attached hydrogens (tertiary/aromatic N) is 5. The quantitative estimate of drug-likeness (QED) is 0.387. The summed E-state index contributed by atoms with van der Waals surface area (Å²) < 4.78 is 9.30. The van der Waals surface area contributed by atoms with Crippen molar-refractivity contribution in [3.05, 3.63) is 82.5 Å². The molecule has 0 bridgehead atoms. The minimum Gasteiger partial charge on any atom is -0.490 e. The van der Waals surface area contributed by atoms with Crippen molar-refractivity contribution in [3.63, 3.8) is 0 Å². The minimum absolute atomic E-state index is 0.242. The van der Waals surface area contributed by atoms with E-state index in [0.717, 1.165) is 37.4 Å². The van der Waals surface area contributed by atoms with Gasteiger partial charge in [-0.1, -0.05) is 23.7 Å². The monoisotopic (exact) mass is 487 g/mol. The Labute approximate surface area is 205 Å². The third-order valence-electron chi connectivity index (χ3n) is 6.04. The molecule has 0 spiro atoms. The predicted molar refractivity (Wildman–Crippen MR) is 135 cm³/mol. The van der Waals surface area contributed by atoms with Crippen LogP contribution in [0, 0.1) is 0 Å². The standard InChI is InChI=1S/C25H22ClN7O2/c26-20-3-1-2-4-21(20)33-23(34)19-15-29-24(31-22(19)32-14-13-28-25(32)33)30-16-5-7-17(8-6-16)35-18-9-11-27-12-10-18/h1-8,13-15,18,27H,9-12H2,(H,29,30,31). The highest BCUT2D eigenvalue weighted by atomic mass is 35.5. The second kappa shape index (κ2) is 9.01. The van der Waals surface area contributed by atoms with Gasteiger partial charge >= 0.3 is 0 Å². The first-order valence-electron chi connectivity index (χ1n) is 11.4. The topological polar surface area (TPSA) is 98.4 Å². The Morgan fingerprint density at radius 1 is 1.06 bits per heavy atom. The van der Waals surface area contributed by atoms with Crippen molar-refractivity contribution in [1.82, 2.24) is 29.2 Å². The maximum atomic E-state index is 13.4. The lowest BCUT2D eigenvalue weighted by Crippen LogP contribution is -2.34. The number of para-hydroxylation sites is 1. The third kappa shape index (κ3) is 4.09. The number of aromatic nitrogens is 5. The zero-order valence-corrected chi connectivity index (χ0v) is 19.4. The molecule has 10 heteroatoms. The number of anilines is 2. The molecule has 1 aliphatic rings. The number of hydrogen-bond donors (Lipinski definition) is 2. The zero-order valence-electron chi connectivity index (χ0n) is 18.7. The van der Waals surface area contributed by atoms with Crippen LogP contribution in [-0.2, 0) is 0 Å². The molecule has 0 radical (unpaired) electrons. The highest BCUT2D eigenvalue weighted by Gasteiger charge is 2.17. The second-order valence-electron chi connectivity index (χ2n) is 8.34. The SMILES string of the molecule is O=c1c2cnc(Nc3ccc(OC4CCNCC4)cc3)nc2n2ccnc2n1-c1ccccc1Cl. The van der Waals surface area contributed by atoms with E-state index in [9.17, 15) is 4.79 Å². The van der Waals surface area contributed by atoms with Crippen LogP contribution in [0.3, 0.4) is 0 Å². The second-order valence-corrected chi connectivity index (χ2v) is 8.74. The van der Waals surface area contributed by atoms with Gasteiger partial charge in [0.25, 0.3) is 5.56 Å². The minimum atomic E-state index is -0.294. The van der Waals surface area contributed by atoms with Gasteiger partial charge in [0.15, 0.2) is 5.65 Å². The lowest BCUT2D eigenvalue weighted by atomic mass is 10.1. The fourth-order valence-electron chi connectivity index (χ4n) is 4.31. The van der Waals surface area contributed by atoms with Gasteiger partial charge in [-0.2, -0.15) is 4.98 Å². The smallest absolute Gasteiger partial charge is 0.270 e. The first-order chi connectivity index (χ1) is 17.2. The molecule has 35 heavy (non-hydrogen) atoms. The number of fused-ring (bicyclic) bond motifs is 3. The van der Waals surface area contributed by atoms with Gasteiger partial charge in [-0.05, 0) is 62.3 Å². The molecular weight excluding hydrogens is 466 g/mol. The van der Waals surface area contributed by atoms with Gasteiger partial charge in [0.05, 0.1) is 10.7 Å². The number of halogens is 1. The van der Waals surface area contributed by atoms with Crippen LogP contribution in [0.2, 0.25) is 5.02 Å². The van der Waals surface area contributed by atoms with Gasteiger partial charge in [-0.3, -0.25) is 9.20 Å². The number of ether oxygens (including phenoxy) is 1. The Bertz CT molecular complexity index is 1570. The molecule has 2 N–H and O–H groups in total. The van der Waals surface area contributed by atoms with Crippen molar-refractivity contribution in [3.8, 4) is 11.4 Å². The summed E-state index contributed by atoms with van der Waals surface area (Å²) in [6.45, 7) is 1.97. The number of imidazole rings is 1. The summed E-state index contributed by atoms with van der Waals surface area (Å²) in [5, 5.41) is 7.35. The van der Waals surface area contributed by atoms with Gasteiger partial charge in [0.2, 0.25) is 11.7 Å². The van der Waals surface area contributed by atoms with Crippen LogP contribution in [0.4, 0.5) is 11.6 Å². The van der Waals surface area contributed by atoms with Gasteiger partial charge < -0.3 is 15.4 Å². The Balaban J connectivity index is 1.33. The average molecular weight is 488 g/mol. The maximum Gasteiger partial charge on any atom is 0.270 e. The molecule has 0 aliphatic carbocycles. The molecule has 2 aromatic carbocycles. The van der Waals surface area contributed by atoms with Gasteiger partial charge in [0.1, 0.15) is 17.2 Å². The Morgan fingerprint density at radius 2 is 1.86 bits per heavy atom. The van der Waals surface area contributed by atoms with Gasteiger partial charge in [0, 0.05) is 24.3 Å². The molecule has 1 saturated heterocycles. The molecule has 9 nitrogen and oxygen atoms in total. The van der Waals surface area contributed by atoms with Crippen LogP contribution in [0.5, 0.6) is 5.75 Å². The highest BCUT2D eigenvalue weighted by molar-refractivity contribution is 6.32. The molecule has 0 atom stereocenters. The van der Waals surface area contributed by atoms with Crippen LogP contribution >= 0.6 is 11.6 Å². The van der Waals surface area contributed by atoms with Gasteiger partial charge in [-0.15, -0.1) is 0 Å². The molecule has 176 valence electrons. The largest absolute Gasteiger partial charge is 0.490 e. The lowest BCUT2D eigenvalue weighted by molar-refractivity contribution is 0.162. The number of hydrogen-bond acceptors (Lipinski definition) is 7. The van der Waals surface area contributed by atoms with Crippen molar-refractivity contribution in [2.45, 2.75) is 18.9 Å². The van der Waals surface area contributed by atoms with E-state index in [1.807, 2.05) is 36.4 Å². The molecule has 0 saturated carbocycles. The van der Waals surface area contributed by atoms with E-state index in [2.05, 4.69) is 25.6 Å². The molecule has 0 unspecified atom stereocenters. The van der Waals surface area contributed by atoms with Crippen molar-refractivity contribution in [2.24, 2.45) is 0 Å². The van der Waals surface area contributed by atoms with E-state index in [0.29, 0.717) is 33.5 Å². The van der Waals surface area contributed by atoms with Crippen LogP contribution in [-0.4, -0.2) is 43.1 Å². The molecule has 1 fully saturated rings. The molecule has 5 aromatic rings. The summed E-state index contributed by atoms with van der Waals surface area (Å²) in [7, 11) is 0. The summed E-state index contributed by atoms with van der Waals surface area (Å²) in [6.07, 6.45) is 7.16.